The molecule has 0 saturated carbocycles. The van der Waals surface area contributed by atoms with Crippen molar-refractivity contribution >= 4 is 17.1 Å². The van der Waals surface area contributed by atoms with Crippen LogP contribution in [0.3, 0.4) is 0 Å². The van der Waals surface area contributed by atoms with E-state index >= 15 is 0 Å². The smallest absolute Gasteiger partial charge is 0.410 e. The molecular weight excluding hydrogens is 514 g/mol. The zero-order chi connectivity index (χ0) is 28.7. The molecule has 1 N–H and O–H groups in total. The standard InChI is InChI=1S/C33H39N5O3/c1-21-17-35-31-26(21)16-25(18-36-31)24-14-23-9-12-37(19-22-8-10-34-30(13-22)40-5)20-28(23)27(15-24)29-7-6-11-38(29)32(39)41-33(2,3)4/h8,10,13-18,29H,6-7,9,11-12,19-20H2,1-5H3,(H,35,36)/t29-/m0/s1. The van der Waals surface area contributed by atoms with E-state index in [4.69, 9.17) is 14.5 Å². The van der Waals surface area contributed by atoms with Crippen LogP contribution in [0.15, 0.2) is 48.9 Å². The fraction of sp³-hybridized carbons (Fsp3) is 0.424. The van der Waals surface area contributed by atoms with Gasteiger partial charge in [0, 0.05) is 61.8 Å². The zero-order valence-corrected chi connectivity index (χ0v) is 24.7. The lowest BCUT2D eigenvalue weighted by atomic mass is 9.86. The van der Waals surface area contributed by atoms with Gasteiger partial charge < -0.3 is 19.4 Å². The summed E-state index contributed by atoms with van der Waals surface area (Å²) in [7, 11) is 1.65. The molecule has 5 heterocycles. The number of aryl methyl sites for hydroxylation is 1. The molecule has 1 atom stereocenters. The van der Waals surface area contributed by atoms with Crippen LogP contribution in [0.25, 0.3) is 22.2 Å². The van der Waals surface area contributed by atoms with Crippen molar-refractivity contribution in [1.29, 1.82) is 0 Å². The molecule has 1 saturated heterocycles. The van der Waals surface area contributed by atoms with Crippen molar-refractivity contribution in [1.82, 2.24) is 24.8 Å². The topological polar surface area (TPSA) is 83.6 Å². The van der Waals surface area contributed by atoms with Crippen molar-refractivity contribution in [3.8, 4) is 17.0 Å². The molecule has 3 aromatic heterocycles. The number of benzene rings is 1. The number of hydrogen-bond donors (Lipinski definition) is 1. The Morgan fingerprint density at radius 2 is 1.98 bits per heavy atom. The summed E-state index contributed by atoms with van der Waals surface area (Å²) in [5.74, 6) is 0.632. The fourth-order valence-electron chi connectivity index (χ4n) is 6.19. The number of fused-ring (bicyclic) bond motifs is 2. The maximum atomic E-state index is 13.3. The maximum Gasteiger partial charge on any atom is 0.410 e. The molecular formula is C33H39N5O3. The number of H-pyrrole nitrogens is 1. The molecule has 0 unspecified atom stereocenters. The monoisotopic (exact) mass is 553 g/mol. The Labute approximate surface area is 241 Å². The van der Waals surface area contributed by atoms with E-state index in [1.54, 1.807) is 13.3 Å². The quantitative estimate of drug-likeness (QED) is 0.301. The minimum atomic E-state index is -0.538. The molecule has 8 heteroatoms. The zero-order valence-electron chi connectivity index (χ0n) is 24.7. The molecule has 8 nitrogen and oxygen atoms in total. The Morgan fingerprint density at radius 3 is 2.78 bits per heavy atom. The number of aromatic nitrogens is 3. The van der Waals surface area contributed by atoms with Gasteiger partial charge in [0.2, 0.25) is 5.88 Å². The van der Waals surface area contributed by atoms with Crippen molar-refractivity contribution in [2.24, 2.45) is 0 Å². The summed E-state index contributed by atoms with van der Waals surface area (Å²) < 4.78 is 11.2. The summed E-state index contributed by atoms with van der Waals surface area (Å²) in [4.78, 5) is 30.0. The summed E-state index contributed by atoms with van der Waals surface area (Å²) in [6, 6.07) is 10.9. The number of carbonyl (C=O) groups is 1. The van der Waals surface area contributed by atoms with Gasteiger partial charge in [0.05, 0.1) is 13.2 Å². The van der Waals surface area contributed by atoms with E-state index in [1.165, 1.54) is 27.8 Å². The largest absolute Gasteiger partial charge is 0.481 e. The van der Waals surface area contributed by atoms with Gasteiger partial charge in [-0.1, -0.05) is 6.07 Å². The molecule has 2 aliphatic rings. The second kappa shape index (κ2) is 10.8. The summed E-state index contributed by atoms with van der Waals surface area (Å²) in [5, 5.41) is 1.14. The Bertz CT molecular complexity index is 1590. The number of ether oxygens (including phenoxy) is 2. The van der Waals surface area contributed by atoms with Crippen molar-refractivity contribution in [3.63, 3.8) is 0 Å². The van der Waals surface area contributed by atoms with Gasteiger partial charge in [-0.3, -0.25) is 4.90 Å². The number of carbonyl (C=O) groups excluding carboxylic acids is 1. The SMILES string of the molecule is COc1cc(CN2CCc3cc(-c4cnc5[nH]cc(C)c5c4)cc([C@@H]4CCCN4C(=O)OC(C)(C)C)c3C2)ccn1. The number of likely N-dealkylation sites (tertiary alicyclic amines) is 1. The first-order valence-electron chi connectivity index (χ1n) is 14.5. The molecule has 1 amide bonds. The molecule has 0 aliphatic carbocycles. The molecule has 1 aromatic carbocycles. The van der Waals surface area contributed by atoms with E-state index in [2.05, 4.69) is 46.1 Å². The lowest BCUT2D eigenvalue weighted by Gasteiger charge is -2.35. The first kappa shape index (κ1) is 27.3. The molecule has 214 valence electrons. The van der Waals surface area contributed by atoms with Crippen LogP contribution < -0.4 is 4.74 Å². The van der Waals surface area contributed by atoms with Gasteiger partial charge in [0.25, 0.3) is 0 Å². The van der Waals surface area contributed by atoms with Crippen molar-refractivity contribution in [2.75, 3.05) is 20.2 Å². The molecule has 0 spiro atoms. The van der Waals surface area contributed by atoms with E-state index in [9.17, 15) is 4.79 Å². The number of nitrogens with one attached hydrogen (secondary N) is 1. The molecule has 6 rings (SSSR count). The fourth-order valence-corrected chi connectivity index (χ4v) is 6.19. The average molecular weight is 554 g/mol. The first-order chi connectivity index (χ1) is 19.7. The molecule has 2 aliphatic heterocycles. The van der Waals surface area contributed by atoms with Crippen LogP contribution in [0.1, 0.15) is 67.5 Å². The number of pyridine rings is 2. The van der Waals surface area contributed by atoms with Crippen LogP contribution in [0.5, 0.6) is 5.88 Å². The number of aromatic amines is 1. The predicted molar refractivity (Wildman–Crippen MR) is 160 cm³/mol. The van der Waals surface area contributed by atoms with Gasteiger partial charge in [-0.15, -0.1) is 0 Å². The third-order valence-electron chi connectivity index (χ3n) is 8.18. The summed E-state index contributed by atoms with van der Waals surface area (Å²) in [6.45, 7) is 11.2. The molecule has 41 heavy (non-hydrogen) atoms. The van der Waals surface area contributed by atoms with Gasteiger partial charge in [-0.05, 0) is 98.5 Å². The summed E-state index contributed by atoms with van der Waals surface area (Å²) >= 11 is 0. The van der Waals surface area contributed by atoms with Crippen LogP contribution in [0.4, 0.5) is 4.79 Å². The van der Waals surface area contributed by atoms with Gasteiger partial charge in [-0.25, -0.2) is 14.8 Å². The van der Waals surface area contributed by atoms with Crippen LogP contribution >= 0.6 is 0 Å². The van der Waals surface area contributed by atoms with Crippen molar-refractivity contribution in [3.05, 3.63) is 76.7 Å². The molecule has 4 aromatic rings. The maximum absolute atomic E-state index is 13.3. The average Bonchev–Trinajstić information content (AvgIpc) is 3.59. The Hall–Kier alpha value is -3.91. The van der Waals surface area contributed by atoms with Crippen LogP contribution in [0, 0.1) is 6.92 Å². The molecule has 0 radical (unpaired) electrons. The molecule has 0 bridgehead atoms. The number of methoxy groups -OCH3 is 1. The van der Waals surface area contributed by atoms with Crippen molar-refractivity contribution < 1.29 is 14.3 Å². The van der Waals surface area contributed by atoms with Gasteiger partial charge >= 0.3 is 6.09 Å². The van der Waals surface area contributed by atoms with Gasteiger partial charge in [0.15, 0.2) is 0 Å². The van der Waals surface area contributed by atoms with E-state index in [0.717, 1.165) is 61.1 Å². The third-order valence-corrected chi connectivity index (χ3v) is 8.18. The Kier molecular flexibility index (Phi) is 7.20. The minimum Gasteiger partial charge on any atom is -0.481 e. The number of nitrogens with zero attached hydrogens (tertiary/aromatic N) is 4. The summed E-state index contributed by atoms with van der Waals surface area (Å²) in [6.07, 6.45) is 8.35. The van der Waals surface area contributed by atoms with Crippen LogP contribution in [-0.2, 0) is 24.2 Å². The van der Waals surface area contributed by atoms with E-state index in [1.807, 2.05) is 44.1 Å². The van der Waals surface area contributed by atoms with E-state index < -0.39 is 5.60 Å². The van der Waals surface area contributed by atoms with Crippen LogP contribution in [0.2, 0.25) is 0 Å². The minimum absolute atomic E-state index is 0.0230. The highest BCUT2D eigenvalue weighted by molar-refractivity contribution is 5.84. The highest BCUT2D eigenvalue weighted by Gasteiger charge is 2.36. The highest BCUT2D eigenvalue weighted by atomic mass is 16.6. The number of rotatable bonds is 5. The number of amides is 1. The second-order valence-corrected chi connectivity index (χ2v) is 12.3. The highest BCUT2D eigenvalue weighted by Crippen LogP contribution is 2.40. The predicted octanol–water partition coefficient (Wildman–Crippen LogP) is 6.57. The van der Waals surface area contributed by atoms with Crippen LogP contribution in [-0.4, -0.2) is 56.6 Å². The normalized spacial score (nSPS) is 17.6. The Morgan fingerprint density at radius 1 is 1.12 bits per heavy atom. The Balaban J connectivity index is 1.39. The van der Waals surface area contributed by atoms with E-state index in [-0.39, 0.29) is 12.1 Å². The third kappa shape index (κ3) is 5.66. The lowest BCUT2D eigenvalue weighted by molar-refractivity contribution is 0.0223. The second-order valence-electron chi connectivity index (χ2n) is 12.3. The van der Waals surface area contributed by atoms with E-state index in [0.29, 0.717) is 12.4 Å². The van der Waals surface area contributed by atoms with Crippen molar-refractivity contribution in [2.45, 2.75) is 71.7 Å². The lowest BCUT2D eigenvalue weighted by Crippen LogP contribution is -2.37. The first-order valence-corrected chi connectivity index (χ1v) is 14.5. The van der Waals surface area contributed by atoms with Gasteiger partial charge in [0.1, 0.15) is 11.2 Å². The number of hydrogen-bond acceptors (Lipinski definition) is 6. The van der Waals surface area contributed by atoms with Gasteiger partial charge in [-0.2, -0.15) is 0 Å². The molecule has 1 fully saturated rings. The summed E-state index contributed by atoms with van der Waals surface area (Å²) in [5.41, 5.74) is 8.87.